The Balaban J connectivity index is 2.59. The van der Waals surface area contributed by atoms with E-state index in [1.165, 1.54) is 38.5 Å². The highest BCUT2D eigenvalue weighted by atomic mass is 16.6. The Kier molecular flexibility index (Phi) is 5.87. The Labute approximate surface area is 123 Å². The second-order valence-electron chi connectivity index (χ2n) is 7.63. The smallest absolute Gasteiger partial charge is 0.408 e. The summed E-state index contributed by atoms with van der Waals surface area (Å²) >= 11 is 0. The van der Waals surface area contributed by atoms with Crippen LogP contribution in [0.4, 0.5) is 4.79 Å². The number of amides is 1. The molecule has 0 radical (unpaired) electrons. The van der Waals surface area contributed by atoms with Gasteiger partial charge in [0.2, 0.25) is 0 Å². The molecule has 20 heavy (non-hydrogen) atoms. The SMILES string of the molecule is CC(C)(C)OC(=O)NC(C)(C)C(N)C1CCCCCC1. The molecule has 1 aliphatic rings. The Hall–Kier alpha value is -0.770. The van der Waals surface area contributed by atoms with Gasteiger partial charge in [-0.15, -0.1) is 0 Å². The topological polar surface area (TPSA) is 64.3 Å². The molecule has 118 valence electrons. The fourth-order valence-electron chi connectivity index (χ4n) is 2.91. The summed E-state index contributed by atoms with van der Waals surface area (Å²) in [7, 11) is 0. The number of hydrogen-bond donors (Lipinski definition) is 2. The average Bonchev–Trinajstić information content (AvgIpc) is 2.52. The molecule has 3 N–H and O–H groups in total. The van der Waals surface area contributed by atoms with E-state index in [1.54, 1.807) is 0 Å². The van der Waals surface area contributed by atoms with Gasteiger partial charge in [0, 0.05) is 6.04 Å². The van der Waals surface area contributed by atoms with Gasteiger partial charge in [-0.3, -0.25) is 0 Å². The number of carbonyl (C=O) groups is 1. The van der Waals surface area contributed by atoms with Gasteiger partial charge in [-0.2, -0.15) is 0 Å². The van der Waals surface area contributed by atoms with Gasteiger partial charge in [-0.05, 0) is 53.4 Å². The van der Waals surface area contributed by atoms with Crippen molar-refractivity contribution in [3.8, 4) is 0 Å². The summed E-state index contributed by atoms with van der Waals surface area (Å²) in [5.41, 5.74) is 5.51. The van der Waals surface area contributed by atoms with Gasteiger partial charge in [0.15, 0.2) is 0 Å². The summed E-state index contributed by atoms with van der Waals surface area (Å²) in [5.74, 6) is 0.488. The van der Waals surface area contributed by atoms with Crippen LogP contribution in [0.3, 0.4) is 0 Å². The van der Waals surface area contributed by atoms with Crippen molar-refractivity contribution in [1.82, 2.24) is 5.32 Å². The molecule has 0 saturated heterocycles. The molecule has 1 unspecified atom stereocenters. The number of rotatable bonds is 3. The van der Waals surface area contributed by atoms with Crippen LogP contribution in [0.1, 0.15) is 73.1 Å². The van der Waals surface area contributed by atoms with Crippen molar-refractivity contribution in [1.29, 1.82) is 0 Å². The highest BCUT2D eigenvalue weighted by Gasteiger charge is 2.35. The van der Waals surface area contributed by atoms with E-state index in [4.69, 9.17) is 10.5 Å². The van der Waals surface area contributed by atoms with Crippen LogP contribution in [0.15, 0.2) is 0 Å². The monoisotopic (exact) mass is 284 g/mol. The molecule has 0 spiro atoms. The third-order valence-electron chi connectivity index (χ3n) is 4.06. The normalized spacial score (nSPS) is 20.1. The van der Waals surface area contributed by atoms with Gasteiger partial charge in [-0.1, -0.05) is 25.7 Å². The van der Waals surface area contributed by atoms with Crippen molar-refractivity contribution in [3.05, 3.63) is 0 Å². The molecule has 1 aliphatic carbocycles. The van der Waals surface area contributed by atoms with E-state index in [1.807, 2.05) is 34.6 Å². The number of nitrogens with two attached hydrogens (primary N) is 1. The predicted octanol–water partition coefficient (Wildman–Crippen LogP) is 3.59. The van der Waals surface area contributed by atoms with Gasteiger partial charge in [0.1, 0.15) is 5.60 Å². The molecule has 0 aromatic heterocycles. The largest absolute Gasteiger partial charge is 0.444 e. The van der Waals surface area contributed by atoms with Crippen molar-refractivity contribution < 1.29 is 9.53 Å². The Morgan fingerprint density at radius 3 is 2.05 bits per heavy atom. The van der Waals surface area contributed by atoms with E-state index in [2.05, 4.69) is 5.32 Å². The minimum absolute atomic E-state index is 0.0341. The summed E-state index contributed by atoms with van der Waals surface area (Å²) < 4.78 is 5.33. The van der Waals surface area contributed by atoms with Crippen molar-refractivity contribution in [3.63, 3.8) is 0 Å². The van der Waals surface area contributed by atoms with Crippen LogP contribution in [0.5, 0.6) is 0 Å². The molecule has 1 rings (SSSR count). The first kappa shape index (κ1) is 17.3. The third-order valence-corrected chi connectivity index (χ3v) is 4.06. The molecule has 0 heterocycles. The quantitative estimate of drug-likeness (QED) is 0.778. The summed E-state index contributed by atoms with van der Waals surface area (Å²) in [6, 6.07) is -0.0341. The zero-order valence-corrected chi connectivity index (χ0v) is 13.8. The maximum Gasteiger partial charge on any atom is 0.408 e. The number of alkyl carbamates (subject to hydrolysis) is 1. The molecule has 0 aliphatic heterocycles. The van der Waals surface area contributed by atoms with Crippen molar-refractivity contribution in [2.75, 3.05) is 0 Å². The zero-order chi connectivity index (χ0) is 15.4. The molecule has 1 fully saturated rings. The van der Waals surface area contributed by atoms with Crippen LogP contribution in [-0.2, 0) is 4.74 Å². The van der Waals surface area contributed by atoms with Crippen LogP contribution in [0.25, 0.3) is 0 Å². The molecular formula is C16H32N2O2. The molecule has 0 bridgehead atoms. The van der Waals surface area contributed by atoms with E-state index in [-0.39, 0.29) is 12.1 Å². The van der Waals surface area contributed by atoms with E-state index < -0.39 is 11.1 Å². The molecule has 1 atom stereocenters. The molecule has 0 aromatic carbocycles. The lowest BCUT2D eigenvalue weighted by molar-refractivity contribution is 0.0442. The van der Waals surface area contributed by atoms with Gasteiger partial charge in [-0.25, -0.2) is 4.79 Å². The second kappa shape index (κ2) is 6.79. The minimum Gasteiger partial charge on any atom is -0.444 e. The summed E-state index contributed by atoms with van der Waals surface area (Å²) in [6.07, 6.45) is 7.07. The second-order valence-corrected chi connectivity index (χ2v) is 7.63. The third kappa shape index (κ3) is 5.70. The molecule has 1 saturated carbocycles. The zero-order valence-electron chi connectivity index (χ0n) is 13.8. The van der Waals surface area contributed by atoms with Gasteiger partial charge in [0.25, 0.3) is 0 Å². The van der Waals surface area contributed by atoms with E-state index >= 15 is 0 Å². The van der Waals surface area contributed by atoms with Gasteiger partial charge in [0.05, 0.1) is 5.54 Å². The maximum absolute atomic E-state index is 11.9. The average molecular weight is 284 g/mol. The summed E-state index contributed by atoms with van der Waals surface area (Å²) in [6.45, 7) is 9.58. The molecule has 4 heteroatoms. The highest BCUT2D eigenvalue weighted by molar-refractivity contribution is 5.68. The fourth-order valence-corrected chi connectivity index (χ4v) is 2.91. The summed E-state index contributed by atoms with van der Waals surface area (Å²) in [5, 5.41) is 2.94. The van der Waals surface area contributed by atoms with E-state index in [0.29, 0.717) is 5.92 Å². The van der Waals surface area contributed by atoms with Crippen molar-refractivity contribution in [2.45, 2.75) is 90.3 Å². The molecular weight excluding hydrogens is 252 g/mol. The van der Waals surface area contributed by atoms with Crippen molar-refractivity contribution >= 4 is 6.09 Å². The van der Waals surface area contributed by atoms with Crippen LogP contribution in [0, 0.1) is 5.92 Å². The lowest BCUT2D eigenvalue weighted by Gasteiger charge is -2.38. The highest BCUT2D eigenvalue weighted by Crippen LogP contribution is 2.29. The lowest BCUT2D eigenvalue weighted by atomic mass is 9.81. The minimum atomic E-state index is -0.480. The standard InChI is InChI=1S/C16H32N2O2/c1-15(2,3)20-14(19)18-16(4,5)13(17)12-10-8-6-7-9-11-12/h12-13H,6-11,17H2,1-5H3,(H,18,19). The number of ether oxygens (including phenoxy) is 1. The molecule has 0 aromatic rings. The maximum atomic E-state index is 11.9. The number of nitrogens with one attached hydrogen (secondary N) is 1. The first-order valence-electron chi connectivity index (χ1n) is 7.88. The first-order chi connectivity index (χ1) is 9.12. The van der Waals surface area contributed by atoms with Crippen LogP contribution >= 0.6 is 0 Å². The van der Waals surface area contributed by atoms with Crippen LogP contribution in [0.2, 0.25) is 0 Å². The van der Waals surface area contributed by atoms with Gasteiger partial charge >= 0.3 is 6.09 Å². The lowest BCUT2D eigenvalue weighted by Crippen LogP contribution is -2.59. The predicted molar refractivity (Wildman–Crippen MR) is 82.6 cm³/mol. The van der Waals surface area contributed by atoms with E-state index in [0.717, 1.165) is 0 Å². The van der Waals surface area contributed by atoms with Gasteiger partial charge < -0.3 is 15.8 Å². The van der Waals surface area contributed by atoms with Crippen LogP contribution in [-0.4, -0.2) is 23.3 Å². The van der Waals surface area contributed by atoms with Crippen molar-refractivity contribution in [2.24, 2.45) is 11.7 Å². The number of carbonyl (C=O) groups excluding carboxylic acids is 1. The fraction of sp³-hybridized carbons (Fsp3) is 0.938. The van der Waals surface area contributed by atoms with E-state index in [9.17, 15) is 4.79 Å². The number of hydrogen-bond acceptors (Lipinski definition) is 3. The van der Waals surface area contributed by atoms with Crippen LogP contribution < -0.4 is 11.1 Å². The Morgan fingerprint density at radius 2 is 1.60 bits per heavy atom. The summed E-state index contributed by atoms with van der Waals surface area (Å²) in [4.78, 5) is 11.9. The molecule has 4 nitrogen and oxygen atoms in total. The first-order valence-corrected chi connectivity index (χ1v) is 7.88. The Bertz CT molecular complexity index is 313. The Morgan fingerprint density at radius 1 is 1.10 bits per heavy atom. The molecule has 1 amide bonds.